The Hall–Kier alpha value is -2.41. The summed E-state index contributed by atoms with van der Waals surface area (Å²) in [5.41, 5.74) is 1.49. The van der Waals surface area contributed by atoms with Crippen LogP contribution in [0.15, 0.2) is 18.2 Å². The van der Waals surface area contributed by atoms with E-state index in [2.05, 4.69) is 24.1 Å². The third-order valence-electron chi connectivity index (χ3n) is 5.94. The molecule has 4 rings (SSSR count). The molecule has 3 aliphatic heterocycles. The third kappa shape index (κ3) is 3.63. The molecule has 2 fully saturated rings. The van der Waals surface area contributed by atoms with Crippen LogP contribution in [0.25, 0.3) is 0 Å². The lowest BCUT2D eigenvalue weighted by Crippen LogP contribution is -2.52. The molecule has 1 aromatic carbocycles. The van der Waals surface area contributed by atoms with Gasteiger partial charge in [0.25, 0.3) is 5.91 Å². The van der Waals surface area contributed by atoms with Crippen LogP contribution in [0.2, 0.25) is 0 Å². The van der Waals surface area contributed by atoms with Crippen molar-refractivity contribution < 1.29 is 19.1 Å². The molecular weight excluding hydrogens is 358 g/mol. The number of amides is 3. The first-order valence-electron chi connectivity index (χ1n) is 10.1. The molecule has 1 N–H and O–H groups in total. The molecular formula is C21H27N3O4. The maximum absolute atomic E-state index is 12.8. The number of ether oxygens (including phenoxy) is 1. The van der Waals surface area contributed by atoms with Gasteiger partial charge in [-0.15, -0.1) is 0 Å². The van der Waals surface area contributed by atoms with Crippen LogP contribution in [0.4, 0.5) is 0 Å². The zero-order valence-electron chi connectivity index (χ0n) is 16.4. The van der Waals surface area contributed by atoms with Crippen molar-refractivity contribution in [1.82, 2.24) is 15.1 Å². The van der Waals surface area contributed by atoms with Crippen molar-refractivity contribution >= 4 is 17.7 Å². The Kier molecular flexibility index (Phi) is 5.10. The monoisotopic (exact) mass is 385 g/mol. The van der Waals surface area contributed by atoms with Crippen molar-refractivity contribution in [1.29, 1.82) is 0 Å². The van der Waals surface area contributed by atoms with Gasteiger partial charge in [0.15, 0.2) is 0 Å². The molecule has 0 aliphatic carbocycles. The number of carbonyl (C=O) groups excluding carboxylic acids is 3. The molecule has 0 radical (unpaired) electrons. The van der Waals surface area contributed by atoms with Gasteiger partial charge in [-0.25, -0.2) is 0 Å². The largest absolute Gasteiger partial charge is 0.489 e. The molecule has 0 aromatic heterocycles. The smallest absolute Gasteiger partial charge is 0.255 e. The van der Waals surface area contributed by atoms with Gasteiger partial charge in [-0.1, -0.05) is 13.8 Å². The van der Waals surface area contributed by atoms with Crippen molar-refractivity contribution in [2.24, 2.45) is 5.92 Å². The molecule has 150 valence electrons. The Balaban J connectivity index is 1.46. The molecule has 3 amide bonds. The molecule has 7 heteroatoms. The number of likely N-dealkylation sites (tertiary alicyclic amines) is 1. The van der Waals surface area contributed by atoms with E-state index in [0.29, 0.717) is 24.4 Å². The number of hydrogen-bond donors (Lipinski definition) is 1. The van der Waals surface area contributed by atoms with Crippen LogP contribution in [-0.2, 0) is 16.1 Å². The fourth-order valence-electron chi connectivity index (χ4n) is 4.56. The molecule has 28 heavy (non-hydrogen) atoms. The molecule has 1 aromatic rings. The van der Waals surface area contributed by atoms with E-state index < -0.39 is 6.04 Å². The molecule has 0 bridgehead atoms. The molecule has 2 unspecified atom stereocenters. The summed E-state index contributed by atoms with van der Waals surface area (Å²) >= 11 is 0. The van der Waals surface area contributed by atoms with Crippen molar-refractivity contribution in [2.75, 3.05) is 19.6 Å². The van der Waals surface area contributed by atoms with E-state index in [1.165, 1.54) is 0 Å². The highest BCUT2D eigenvalue weighted by Crippen LogP contribution is 2.31. The fourth-order valence-corrected chi connectivity index (χ4v) is 4.56. The first kappa shape index (κ1) is 18.9. The molecule has 3 heterocycles. The highest BCUT2D eigenvalue weighted by molar-refractivity contribution is 6.05. The van der Waals surface area contributed by atoms with Gasteiger partial charge in [0.1, 0.15) is 17.9 Å². The summed E-state index contributed by atoms with van der Waals surface area (Å²) in [6, 6.07) is 4.98. The number of piperidine rings is 2. The third-order valence-corrected chi connectivity index (χ3v) is 5.94. The zero-order chi connectivity index (χ0) is 19.8. The van der Waals surface area contributed by atoms with Gasteiger partial charge >= 0.3 is 0 Å². The Morgan fingerprint density at radius 1 is 1.21 bits per heavy atom. The lowest BCUT2D eigenvalue weighted by Gasteiger charge is -2.35. The van der Waals surface area contributed by atoms with Crippen molar-refractivity contribution in [3.63, 3.8) is 0 Å². The minimum atomic E-state index is -0.584. The average Bonchev–Trinajstić information content (AvgIpc) is 2.97. The molecule has 3 aliphatic rings. The number of nitrogens with zero attached hydrogens (tertiary/aromatic N) is 2. The summed E-state index contributed by atoms with van der Waals surface area (Å²) in [6.45, 7) is 7.83. The highest BCUT2D eigenvalue weighted by Gasteiger charge is 2.39. The Bertz CT molecular complexity index is 809. The van der Waals surface area contributed by atoms with E-state index in [-0.39, 0.29) is 30.2 Å². The number of fused-ring (bicyclic) bond motifs is 1. The number of nitrogens with one attached hydrogen (secondary N) is 1. The van der Waals surface area contributed by atoms with Crippen LogP contribution >= 0.6 is 0 Å². The van der Waals surface area contributed by atoms with Gasteiger partial charge in [-0.2, -0.15) is 0 Å². The topological polar surface area (TPSA) is 79.0 Å². The number of rotatable bonds is 4. The van der Waals surface area contributed by atoms with Crippen molar-refractivity contribution in [3.8, 4) is 5.75 Å². The minimum Gasteiger partial charge on any atom is -0.489 e. The van der Waals surface area contributed by atoms with E-state index in [1.54, 1.807) is 11.0 Å². The molecule has 7 nitrogen and oxygen atoms in total. The van der Waals surface area contributed by atoms with Crippen LogP contribution < -0.4 is 10.1 Å². The number of hydrogen-bond acceptors (Lipinski definition) is 5. The number of carbonyl (C=O) groups is 3. The summed E-state index contributed by atoms with van der Waals surface area (Å²) in [7, 11) is 0. The SMILES string of the molecule is CCN1CC(C)C[C@@H](Oc2ccc3c(c2)CN(C2CCC(=O)NC2=O)C3=O)C1. The normalized spacial score (nSPS) is 28.3. The highest BCUT2D eigenvalue weighted by atomic mass is 16.5. The van der Waals surface area contributed by atoms with Crippen LogP contribution in [0.5, 0.6) is 5.75 Å². The minimum absolute atomic E-state index is 0.144. The number of imide groups is 1. The lowest BCUT2D eigenvalue weighted by atomic mass is 9.98. The molecule has 2 saturated heterocycles. The molecule has 0 spiro atoms. The Labute approximate surface area is 165 Å². The Morgan fingerprint density at radius 2 is 2.04 bits per heavy atom. The van der Waals surface area contributed by atoms with Crippen LogP contribution in [0, 0.1) is 5.92 Å². The zero-order valence-corrected chi connectivity index (χ0v) is 16.4. The van der Waals surface area contributed by atoms with E-state index >= 15 is 0 Å². The van der Waals surface area contributed by atoms with E-state index in [1.807, 2.05) is 12.1 Å². The molecule has 3 atom stereocenters. The van der Waals surface area contributed by atoms with Gasteiger partial charge in [-0.05, 0) is 49.1 Å². The number of likely N-dealkylation sites (N-methyl/N-ethyl adjacent to an activating group) is 1. The predicted molar refractivity (Wildman–Crippen MR) is 103 cm³/mol. The lowest BCUT2D eigenvalue weighted by molar-refractivity contribution is -0.136. The maximum Gasteiger partial charge on any atom is 0.255 e. The second-order valence-corrected chi connectivity index (χ2v) is 8.15. The average molecular weight is 385 g/mol. The first-order chi connectivity index (χ1) is 13.4. The standard InChI is InChI=1S/C21H27N3O4/c1-3-23-10-13(2)8-16(12-23)28-15-4-5-17-14(9-15)11-24(21(17)27)18-6-7-19(25)22-20(18)26/h4-5,9,13,16,18H,3,6-8,10-12H2,1-2H3,(H,22,25,26)/t13?,16-,18?/m1/s1. The summed E-state index contributed by atoms with van der Waals surface area (Å²) in [6.07, 6.45) is 1.80. The van der Waals surface area contributed by atoms with Gasteiger partial charge in [0, 0.05) is 31.6 Å². The van der Waals surface area contributed by atoms with Gasteiger partial charge in [-0.3, -0.25) is 24.6 Å². The summed E-state index contributed by atoms with van der Waals surface area (Å²) < 4.78 is 6.24. The second-order valence-electron chi connectivity index (χ2n) is 8.15. The fraction of sp³-hybridized carbons (Fsp3) is 0.571. The maximum atomic E-state index is 12.8. The quantitative estimate of drug-likeness (QED) is 0.796. The van der Waals surface area contributed by atoms with E-state index in [4.69, 9.17) is 4.74 Å². The van der Waals surface area contributed by atoms with Gasteiger partial charge in [0.05, 0.1) is 0 Å². The predicted octanol–water partition coefficient (Wildman–Crippen LogP) is 1.56. The first-order valence-corrected chi connectivity index (χ1v) is 10.1. The van der Waals surface area contributed by atoms with E-state index in [9.17, 15) is 14.4 Å². The van der Waals surface area contributed by atoms with E-state index in [0.717, 1.165) is 37.4 Å². The van der Waals surface area contributed by atoms with Crippen molar-refractivity contribution in [3.05, 3.63) is 29.3 Å². The van der Waals surface area contributed by atoms with Crippen LogP contribution in [0.1, 0.15) is 49.0 Å². The number of benzene rings is 1. The van der Waals surface area contributed by atoms with Crippen LogP contribution in [-0.4, -0.2) is 59.3 Å². The van der Waals surface area contributed by atoms with Crippen molar-refractivity contribution in [2.45, 2.75) is 51.8 Å². The van der Waals surface area contributed by atoms with Gasteiger partial charge < -0.3 is 9.64 Å². The molecule has 0 saturated carbocycles. The van der Waals surface area contributed by atoms with Crippen LogP contribution in [0.3, 0.4) is 0 Å². The summed E-state index contributed by atoms with van der Waals surface area (Å²) in [5, 5.41) is 2.33. The van der Waals surface area contributed by atoms with Gasteiger partial charge in [0.2, 0.25) is 11.8 Å². The summed E-state index contributed by atoms with van der Waals surface area (Å²) in [5.74, 6) is 0.553. The Morgan fingerprint density at radius 3 is 2.79 bits per heavy atom. The summed E-state index contributed by atoms with van der Waals surface area (Å²) in [4.78, 5) is 40.3. The second kappa shape index (κ2) is 7.54.